The number of thioether (sulfide) groups is 1. The van der Waals surface area contributed by atoms with E-state index in [1.807, 2.05) is 59.3 Å². The van der Waals surface area contributed by atoms with Gasteiger partial charge in [-0.2, -0.15) is 0 Å². The summed E-state index contributed by atoms with van der Waals surface area (Å²) >= 11 is 7.33. The first-order chi connectivity index (χ1) is 11.7. The fraction of sp³-hybridized carbons (Fsp3) is 0.111. The molecule has 122 valence electrons. The first-order valence-electron chi connectivity index (χ1n) is 7.43. The van der Waals surface area contributed by atoms with Gasteiger partial charge in [-0.15, -0.1) is 11.8 Å². The van der Waals surface area contributed by atoms with E-state index in [1.165, 1.54) is 11.8 Å². The Morgan fingerprint density at radius 3 is 2.54 bits per heavy atom. The first-order valence-corrected chi connectivity index (χ1v) is 8.79. The van der Waals surface area contributed by atoms with Gasteiger partial charge in [0, 0.05) is 34.5 Å². The van der Waals surface area contributed by atoms with Crippen LogP contribution in [0.25, 0.3) is 5.69 Å². The molecule has 3 aromatic rings. The van der Waals surface area contributed by atoms with Gasteiger partial charge in [0.05, 0.1) is 12.1 Å². The summed E-state index contributed by atoms with van der Waals surface area (Å²) in [5.41, 5.74) is 2.10. The molecule has 0 aliphatic carbocycles. The lowest BCUT2D eigenvalue weighted by molar-refractivity contribution is -0.118. The van der Waals surface area contributed by atoms with Crippen LogP contribution in [0.5, 0.6) is 0 Å². The maximum atomic E-state index is 11.9. The summed E-state index contributed by atoms with van der Waals surface area (Å²) in [6.45, 7) is 0.518. The number of imidazole rings is 1. The van der Waals surface area contributed by atoms with Crippen molar-refractivity contribution in [1.82, 2.24) is 14.9 Å². The van der Waals surface area contributed by atoms with Crippen LogP contribution in [0.2, 0.25) is 5.02 Å². The molecule has 0 aliphatic heterocycles. The van der Waals surface area contributed by atoms with Gasteiger partial charge >= 0.3 is 0 Å². The maximum absolute atomic E-state index is 11.9. The Labute approximate surface area is 149 Å². The van der Waals surface area contributed by atoms with E-state index in [9.17, 15) is 4.79 Å². The Morgan fingerprint density at radius 1 is 1.12 bits per heavy atom. The average Bonchev–Trinajstić information content (AvgIpc) is 3.14. The van der Waals surface area contributed by atoms with Crippen molar-refractivity contribution < 1.29 is 4.79 Å². The van der Waals surface area contributed by atoms with Gasteiger partial charge in [0.2, 0.25) is 5.91 Å². The lowest BCUT2D eigenvalue weighted by Gasteiger charge is -2.07. The number of aromatic nitrogens is 2. The number of hydrogen-bond donors (Lipinski definition) is 1. The summed E-state index contributed by atoms with van der Waals surface area (Å²) in [6, 6.07) is 15.5. The molecular weight excluding hydrogens is 342 g/mol. The Kier molecular flexibility index (Phi) is 5.56. The highest BCUT2D eigenvalue weighted by Crippen LogP contribution is 2.20. The Morgan fingerprint density at radius 2 is 1.88 bits per heavy atom. The number of rotatable bonds is 6. The zero-order chi connectivity index (χ0) is 16.8. The lowest BCUT2D eigenvalue weighted by Crippen LogP contribution is -2.24. The lowest BCUT2D eigenvalue weighted by atomic mass is 10.2. The Bertz CT molecular complexity index is 786. The largest absolute Gasteiger partial charge is 0.351 e. The van der Waals surface area contributed by atoms with Crippen molar-refractivity contribution in [3.05, 3.63) is 77.8 Å². The molecule has 0 saturated heterocycles. The fourth-order valence-electron chi connectivity index (χ4n) is 2.13. The third-order valence-corrected chi connectivity index (χ3v) is 4.68. The highest BCUT2D eigenvalue weighted by atomic mass is 35.5. The predicted octanol–water partition coefficient (Wildman–Crippen LogP) is 3.93. The van der Waals surface area contributed by atoms with Crippen LogP contribution >= 0.6 is 23.4 Å². The quantitative estimate of drug-likeness (QED) is 0.680. The van der Waals surface area contributed by atoms with Crippen molar-refractivity contribution in [2.24, 2.45) is 0 Å². The van der Waals surface area contributed by atoms with Crippen molar-refractivity contribution in [3.8, 4) is 5.69 Å². The van der Waals surface area contributed by atoms with Crippen molar-refractivity contribution in [3.63, 3.8) is 0 Å². The molecule has 3 rings (SSSR count). The van der Waals surface area contributed by atoms with Crippen LogP contribution in [0.3, 0.4) is 0 Å². The molecule has 6 heteroatoms. The molecule has 0 atom stereocenters. The van der Waals surface area contributed by atoms with Gasteiger partial charge in [0.1, 0.15) is 0 Å². The number of nitrogens with zero attached hydrogens (tertiary/aromatic N) is 2. The van der Waals surface area contributed by atoms with E-state index in [0.717, 1.165) is 16.1 Å². The van der Waals surface area contributed by atoms with Crippen molar-refractivity contribution in [2.45, 2.75) is 11.4 Å². The van der Waals surface area contributed by atoms with Crippen LogP contribution in [-0.2, 0) is 11.3 Å². The third kappa shape index (κ3) is 4.63. The zero-order valence-corrected chi connectivity index (χ0v) is 14.4. The summed E-state index contributed by atoms with van der Waals surface area (Å²) < 4.78 is 1.94. The monoisotopic (exact) mass is 357 g/mol. The molecule has 0 fully saturated rings. The summed E-state index contributed by atoms with van der Waals surface area (Å²) in [6.07, 6.45) is 5.39. The molecule has 24 heavy (non-hydrogen) atoms. The molecule has 0 spiro atoms. The average molecular weight is 358 g/mol. The van der Waals surface area contributed by atoms with Gasteiger partial charge in [-0.1, -0.05) is 23.7 Å². The smallest absolute Gasteiger partial charge is 0.230 e. The van der Waals surface area contributed by atoms with Crippen LogP contribution in [-0.4, -0.2) is 21.2 Å². The number of carbonyl (C=O) groups excluding carboxylic acids is 1. The summed E-state index contributed by atoms with van der Waals surface area (Å²) in [7, 11) is 0. The summed E-state index contributed by atoms with van der Waals surface area (Å²) in [4.78, 5) is 17.0. The van der Waals surface area contributed by atoms with E-state index in [1.54, 1.807) is 12.5 Å². The number of carbonyl (C=O) groups is 1. The second-order valence-electron chi connectivity index (χ2n) is 5.16. The molecule has 0 bridgehead atoms. The van der Waals surface area contributed by atoms with Gasteiger partial charge in [-0.3, -0.25) is 4.79 Å². The highest BCUT2D eigenvalue weighted by molar-refractivity contribution is 8.00. The Balaban J connectivity index is 1.46. The summed E-state index contributed by atoms with van der Waals surface area (Å²) in [5, 5.41) is 3.63. The molecule has 1 aromatic heterocycles. The van der Waals surface area contributed by atoms with Gasteiger partial charge < -0.3 is 9.88 Å². The molecule has 2 aromatic carbocycles. The van der Waals surface area contributed by atoms with Crippen LogP contribution in [0.1, 0.15) is 5.56 Å². The second-order valence-corrected chi connectivity index (χ2v) is 6.64. The summed E-state index contributed by atoms with van der Waals surface area (Å²) in [5.74, 6) is 0.392. The molecular formula is C18H16ClN3OS. The van der Waals surface area contributed by atoms with Gasteiger partial charge in [0.15, 0.2) is 0 Å². The topological polar surface area (TPSA) is 46.9 Å². The molecule has 1 N–H and O–H groups in total. The third-order valence-electron chi connectivity index (χ3n) is 3.41. The molecule has 0 aliphatic rings. The van der Waals surface area contributed by atoms with Crippen LogP contribution in [0.15, 0.2) is 72.1 Å². The minimum atomic E-state index is 0.00800. The second kappa shape index (κ2) is 8.04. The maximum Gasteiger partial charge on any atom is 0.230 e. The molecule has 0 unspecified atom stereocenters. The molecule has 1 heterocycles. The van der Waals surface area contributed by atoms with E-state index in [4.69, 9.17) is 11.6 Å². The standard InChI is InChI=1S/C18H16ClN3OS/c19-15-3-7-17(8-4-15)24-12-18(23)21-11-14-1-5-16(6-2-14)22-10-9-20-13-22/h1-10,13H,11-12H2,(H,21,23). The van der Waals surface area contributed by atoms with E-state index < -0.39 is 0 Å². The first kappa shape index (κ1) is 16.6. The molecule has 0 saturated carbocycles. The highest BCUT2D eigenvalue weighted by Gasteiger charge is 2.03. The van der Waals surface area contributed by atoms with Crippen LogP contribution < -0.4 is 5.32 Å². The minimum Gasteiger partial charge on any atom is -0.351 e. The zero-order valence-electron chi connectivity index (χ0n) is 12.9. The fourth-order valence-corrected chi connectivity index (χ4v) is 2.98. The SMILES string of the molecule is O=C(CSc1ccc(Cl)cc1)NCc1ccc(-n2ccnc2)cc1. The van der Waals surface area contributed by atoms with E-state index in [0.29, 0.717) is 17.3 Å². The molecule has 1 amide bonds. The van der Waals surface area contributed by atoms with Crippen molar-refractivity contribution in [2.75, 3.05) is 5.75 Å². The van der Waals surface area contributed by atoms with Gasteiger partial charge in [0.25, 0.3) is 0 Å². The number of hydrogen-bond acceptors (Lipinski definition) is 3. The number of benzene rings is 2. The van der Waals surface area contributed by atoms with E-state index in [2.05, 4.69) is 10.3 Å². The molecule has 4 nitrogen and oxygen atoms in total. The molecule has 0 radical (unpaired) electrons. The minimum absolute atomic E-state index is 0.00800. The number of nitrogens with one attached hydrogen (secondary N) is 1. The van der Waals surface area contributed by atoms with Crippen molar-refractivity contribution in [1.29, 1.82) is 0 Å². The van der Waals surface area contributed by atoms with E-state index in [-0.39, 0.29) is 5.91 Å². The predicted molar refractivity (Wildman–Crippen MR) is 97.6 cm³/mol. The number of halogens is 1. The Hall–Kier alpha value is -2.24. The van der Waals surface area contributed by atoms with Crippen LogP contribution in [0, 0.1) is 0 Å². The van der Waals surface area contributed by atoms with Gasteiger partial charge in [-0.05, 0) is 42.0 Å². The van der Waals surface area contributed by atoms with Gasteiger partial charge in [-0.25, -0.2) is 4.98 Å². The normalized spacial score (nSPS) is 10.5. The van der Waals surface area contributed by atoms with Crippen LogP contribution in [0.4, 0.5) is 0 Å². The van der Waals surface area contributed by atoms with Crippen molar-refractivity contribution >= 4 is 29.3 Å². The van der Waals surface area contributed by atoms with E-state index >= 15 is 0 Å². The number of amides is 1.